The maximum absolute atomic E-state index is 12.9. The number of rotatable bonds is 3. The Balaban J connectivity index is 1.87. The third-order valence-corrected chi connectivity index (χ3v) is 5.87. The molecule has 19 heavy (non-hydrogen) atoms. The van der Waals surface area contributed by atoms with Crippen molar-refractivity contribution in [3.8, 4) is 0 Å². The lowest BCUT2D eigenvalue weighted by Crippen LogP contribution is -2.49. The highest BCUT2D eigenvalue weighted by Gasteiger charge is 2.54. The molecule has 0 spiro atoms. The van der Waals surface area contributed by atoms with E-state index in [0.717, 1.165) is 18.3 Å². The van der Waals surface area contributed by atoms with Crippen molar-refractivity contribution in [2.24, 2.45) is 17.8 Å². The summed E-state index contributed by atoms with van der Waals surface area (Å²) in [5.74, 6) is 2.50. The van der Waals surface area contributed by atoms with E-state index in [1.165, 1.54) is 25.7 Å². The van der Waals surface area contributed by atoms with Crippen LogP contribution >= 0.6 is 0 Å². The number of carbonyl (C=O) groups is 1. The molecule has 3 fully saturated rings. The van der Waals surface area contributed by atoms with Gasteiger partial charge in [0.15, 0.2) is 0 Å². The summed E-state index contributed by atoms with van der Waals surface area (Å²) in [6.45, 7) is 8.66. The highest BCUT2D eigenvalue weighted by molar-refractivity contribution is 5.88. The van der Waals surface area contributed by atoms with Gasteiger partial charge in [0.2, 0.25) is 5.91 Å². The fourth-order valence-electron chi connectivity index (χ4n) is 4.52. The number of hydrogen-bond acceptors (Lipinski definition) is 2. The van der Waals surface area contributed by atoms with Gasteiger partial charge in [0.1, 0.15) is 0 Å². The maximum atomic E-state index is 12.9. The molecule has 1 saturated heterocycles. The molecule has 1 amide bonds. The van der Waals surface area contributed by atoms with Gasteiger partial charge < -0.3 is 4.90 Å². The zero-order chi connectivity index (χ0) is 13.8. The van der Waals surface area contributed by atoms with E-state index in [1.807, 2.05) is 0 Å². The average Bonchev–Trinajstić information content (AvgIpc) is 3.04. The van der Waals surface area contributed by atoms with Crippen LogP contribution in [0.3, 0.4) is 0 Å². The molecule has 2 saturated carbocycles. The topological polar surface area (TPSA) is 32.3 Å². The van der Waals surface area contributed by atoms with E-state index in [0.29, 0.717) is 17.9 Å². The SMILES string of the molecule is CCC1(C)NC(C(C)C)N(C2CC3CCC2C3)C1=O. The number of hydrogen-bond donors (Lipinski definition) is 1. The first kappa shape index (κ1) is 13.4. The Bertz CT molecular complexity index is 379. The second-order valence-electron chi connectivity index (χ2n) is 7.47. The minimum atomic E-state index is -0.337. The Kier molecular flexibility index (Phi) is 3.16. The van der Waals surface area contributed by atoms with Gasteiger partial charge in [-0.25, -0.2) is 0 Å². The van der Waals surface area contributed by atoms with Gasteiger partial charge >= 0.3 is 0 Å². The first-order chi connectivity index (χ1) is 8.96. The molecule has 3 heteroatoms. The van der Waals surface area contributed by atoms with Crippen LogP contribution in [0.25, 0.3) is 0 Å². The predicted molar refractivity (Wildman–Crippen MR) is 76.5 cm³/mol. The summed E-state index contributed by atoms with van der Waals surface area (Å²) in [5, 5.41) is 3.63. The van der Waals surface area contributed by atoms with Gasteiger partial charge in [-0.05, 0) is 50.4 Å². The fraction of sp³-hybridized carbons (Fsp3) is 0.938. The zero-order valence-electron chi connectivity index (χ0n) is 12.8. The number of carbonyl (C=O) groups excluding carboxylic acids is 1. The van der Waals surface area contributed by atoms with Crippen molar-refractivity contribution in [3.63, 3.8) is 0 Å². The normalized spacial score (nSPS) is 45.7. The van der Waals surface area contributed by atoms with Crippen LogP contribution in [0.15, 0.2) is 0 Å². The van der Waals surface area contributed by atoms with Gasteiger partial charge in [0.25, 0.3) is 0 Å². The van der Waals surface area contributed by atoms with Crippen LogP contribution in [0.2, 0.25) is 0 Å². The van der Waals surface area contributed by atoms with Crippen LogP contribution in [0, 0.1) is 17.8 Å². The summed E-state index contributed by atoms with van der Waals surface area (Å²) in [7, 11) is 0. The van der Waals surface area contributed by atoms with Gasteiger partial charge in [0, 0.05) is 6.04 Å². The zero-order valence-corrected chi connectivity index (χ0v) is 12.8. The Morgan fingerprint density at radius 1 is 1.37 bits per heavy atom. The van der Waals surface area contributed by atoms with Crippen LogP contribution in [0.5, 0.6) is 0 Å². The van der Waals surface area contributed by atoms with E-state index in [9.17, 15) is 4.79 Å². The van der Waals surface area contributed by atoms with Crippen molar-refractivity contribution < 1.29 is 4.79 Å². The third kappa shape index (κ3) is 1.93. The van der Waals surface area contributed by atoms with Crippen molar-refractivity contribution in [1.29, 1.82) is 0 Å². The van der Waals surface area contributed by atoms with Crippen molar-refractivity contribution in [1.82, 2.24) is 10.2 Å². The summed E-state index contributed by atoms with van der Waals surface area (Å²) in [6, 6.07) is 0.513. The summed E-state index contributed by atoms with van der Waals surface area (Å²) < 4.78 is 0. The first-order valence-corrected chi connectivity index (χ1v) is 8.06. The van der Waals surface area contributed by atoms with Gasteiger partial charge in [0.05, 0.1) is 11.7 Å². The molecule has 1 aliphatic heterocycles. The molecule has 5 unspecified atom stereocenters. The van der Waals surface area contributed by atoms with Crippen molar-refractivity contribution in [2.75, 3.05) is 0 Å². The van der Waals surface area contributed by atoms with Crippen LogP contribution in [-0.4, -0.2) is 28.6 Å². The molecule has 108 valence electrons. The Hall–Kier alpha value is -0.570. The lowest BCUT2D eigenvalue weighted by atomic mass is 9.92. The quantitative estimate of drug-likeness (QED) is 0.850. The van der Waals surface area contributed by atoms with E-state index in [1.54, 1.807) is 0 Å². The highest BCUT2D eigenvalue weighted by atomic mass is 16.2. The molecule has 1 N–H and O–H groups in total. The molecule has 0 aromatic carbocycles. The summed E-state index contributed by atoms with van der Waals surface area (Å²) >= 11 is 0. The average molecular weight is 264 g/mol. The fourth-order valence-corrected chi connectivity index (χ4v) is 4.52. The Morgan fingerprint density at radius 2 is 2.11 bits per heavy atom. The number of nitrogens with zero attached hydrogens (tertiary/aromatic N) is 1. The van der Waals surface area contributed by atoms with Gasteiger partial charge in [-0.15, -0.1) is 0 Å². The van der Waals surface area contributed by atoms with Crippen LogP contribution in [0.1, 0.15) is 59.8 Å². The molecular formula is C16H28N2O. The molecule has 1 heterocycles. The molecule has 5 atom stereocenters. The number of nitrogens with one attached hydrogen (secondary N) is 1. The van der Waals surface area contributed by atoms with Crippen LogP contribution in [-0.2, 0) is 4.79 Å². The Morgan fingerprint density at radius 3 is 2.58 bits per heavy atom. The standard InChI is InChI=1S/C16H28N2O/c1-5-16(4)15(19)18(14(17-16)10(2)3)13-9-11-6-7-12(13)8-11/h10-14,17H,5-9H2,1-4H3. The summed E-state index contributed by atoms with van der Waals surface area (Å²) in [4.78, 5) is 15.1. The molecule has 2 aliphatic carbocycles. The largest absolute Gasteiger partial charge is 0.322 e. The van der Waals surface area contributed by atoms with E-state index in [4.69, 9.17) is 0 Å². The van der Waals surface area contributed by atoms with Crippen LogP contribution < -0.4 is 5.32 Å². The maximum Gasteiger partial charge on any atom is 0.244 e. The number of fused-ring (bicyclic) bond motifs is 2. The molecule has 0 aromatic rings. The van der Waals surface area contributed by atoms with E-state index >= 15 is 0 Å². The van der Waals surface area contributed by atoms with Gasteiger partial charge in [-0.3, -0.25) is 10.1 Å². The minimum absolute atomic E-state index is 0.238. The lowest BCUT2D eigenvalue weighted by molar-refractivity contribution is -0.136. The smallest absolute Gasteiger partial charge is 0.244 e. The molecule has 3 aliphatic rings. The highest BCUT2D eigenvalue weighted by Crippen LogP contribution is 2.48. The molecule has 0 aromatic heterocycles. The molecule has 2 bridgehead atoms. The minimum Gasteiger partial charge on any atom is -0.322 e. The lowest BCUT2D eigenvalue weighted by Gasteiger charge is -2.37. The van der Waals surface area contributed by atoms with Crippen molar-refractivity contribution in [3.05, 3.63) is 0 Å². The molecule has 3 nitrogen and oxygen atoms in total. The molecular weight excluding hydrogens is 236 g/mol. The second kappa shape index (κ2) is 4.47. The van der Waals surface area contributed by atoms with E-state index in [-0.39, 0.29) is 11.7 Å². The van der Waals surface area contributed by atoms with Crippen molar-refractivity contribution in [2.45, 2.75) is 77.5 Å². The predicted octanol–water partition coefficient (Wildman–Crippen LogP) is 2.76. The number of amides is 1. The monoisotopic (exact) mass is 264 g/mol. The van der Waals surface area contributed by atoms with Crippen molar-refractivity contribution >= 4 is 5.91 Å². The third-order valence-electron chi connectivity index (χ3n) is 5.87. The van der Waals surface area contributed by atoms with E-state index < -0.39 is 0 Å². The molecule has 0 radical (unpaired) electrons. The van der Waals surface area contributed by atoms with Gasteiger partial charge in [-0.1, -0.05) is 27.2 Å². The van der Waals surface area contributed by atoms with Crippen LogP contribution in [0.4, 0.5) is 0 Å². The second-order valence-corrected chi connectivity index (χ2v) is 7.47. The summed E-state index contributed by atoms with van der Waals surface area (Å²) in [5.41, 5.74) is -0.337. The summed E-state index contributed by atoms with van der Waals surface area (Å²) in [6.07, 6.45) is 6.47. The van der Waals surface area contributed by atoms with Gasteiger partial charge in [-0.2, -0.15) is 0 Å². The van der Waals surface area contributed by atoms with E-state index in [2.05, 4.69) is 37.9 Å². The Labute approximate surface area is 117 Å². The first-order valence-electron chi connectivity index (χ1n) is 8.06. The molecule has 3 rings (SSSR count).